The van der Waals surface area contributed by atoms with Crippen molar-refractivity contribution in [2.24, 2.45) is 5.73 Å². The van der Waals surface area contributed by atoms with Crippen molar-refractivity contribution in [3.05, 3.63) is 28.9 Å². The van der Waals surface area contributed by atoms with E-state index < -0.39 is 0 Å². The normalized spacial score (nSPS) is 12.3. The lowest BCUT2D eigenvalue weighted by Gasteiger charge is -2.15. The van der Waals surface area contributed by atoms with Gasteiger partial charge >= 0.3 is 0 Å². The lowest BCUT2D eigenvalue weighted by atomic mass is 10.1. The number of benzene rings is 1. The molecule has 1 heterocycles. The Hall–Kier alpha value is -1.82. The first-order chi connectivity index (χ1) is 8.97. The average molecular weight is 323 g/mol. The van der Waals surface area contributed by atoms with Gasteiger partial charge in [0.2, 0.25) is 5.91 Å². The zero-order valence-electron chi connectivity index (χ0n) is 10.5. The van der Waals surface area contributed by atoms with E-state index in [0.717, 1.165) is 21.1 Å². The SMILES string of the molecule is CC(CC(N)=O)Nc1ccc(N)c2cc(Br)cnc12. The number of primary amides is 1. The first-order valence-corrected chi connectivity index (χ1v) is 6.65. The fraction of sp³-hybridized carbons (Fsp3) is 0.231. The van der Waals surface area contributed by atoms with Crippen LogP contribution in [0.15, 0.2) is 28.9 Å². The number of pyridine rings is 1. The minimum atomic E-state index is -0.338. The molecule has 5 nitrogen and oxygen atoms in total. The number of carbonyl (C=O) groups is 1. The Labute approximate surface area is 119 Å². The molecule has 0 saturated heterocycles. The van der Waals surface area contributed by atoms with Crippen molar-refractivity contribution in [3.63, 3.8) is 0 Å². The molecule has 1 aromatic heterocycles. The zero-order valence-corrected chi connectivity index (χ0v) is 12.1. The number of hydrogen-bond acceptors (Lipinski definition) is 4. The predicted molar refractivity (Wildman–Crippen MR) is 80.8 cm³/mol. The highest BCUT2D eigenvalue weighted by atomic mass is 79.9. The van der Waals surface area contributed by atoms with Gasteiger partial charge in [-0.3, -0.25) is 9.78 Å². The highest BCUT2D eigenvalue weighted by Gasteiger charge is 2.10. The summed E-state index contributed by atoms with van der Waals surface area (Å²) >= 11 is 3.38. The van der Waals surface area contributed by atoms with E-state index in [-0.39, 0.29) is 18.4 Å². The summed E-state index contributed by atoms with van der Waals surface area (Å²) in [5.41, 5.74) is 13.4. The number of nitrogen functional groups attached to an aromatic ring is 1. The number of rotatable bonds is 4. The van der Waals surface area contributed by atoms with Crippen LogP contribution < -0.4 is 16.8 Å². The van der Waals surface area contributed by atoms with Crippen molar-refractivity contribution in [2.75, 3.05) is 11.1 Å². The van der Waals surface area contributed by atoms with Crippen LogP contribution in [0.25, 0.3) is 10.9 Å². The number of nitrogens with zero attached hydrogens (tertiary/aromatic N) is 1. The summed E-state index contributed by atoms with van der Waals surface area (Å²) in [5, 5.41) is 4.10. The van der Waals surface area contributed by atoms with Crippen LogP contribution >= 0.6 is 15.9 Å². The fourth-order valence-electron chi connectivity index (χ4n) is 1.95. The summed E-state index contributed by atoms with van der Waals surface area (Å²) in [6.07, 6.45) is 1.98. The number of aromatic nitrogens is 1. The molecule has 0 saturated carbocycles. The monoisotopic (exact) mass is 322 g/mol. The molecule has 0 radical (unpaired) electrons. The van der Waals surface area contributed by atoms with E-state index in [9.17, 15) is 4.79 Å². The number of fused-ring (bicyclic) bond motifs is 1. The van der Waals surface area contributed by atoms with E-state index in [1.54, 1.807) is 6.20 Å². The van der Waals surface area contributed by atoms with E-state index in [2.05, 4.69) is 26.2 Å². The number of carbonyl (C=O) groups excluding carboxylic acids is 1. The van der Waals surface area contributed by atoms with Crippen LogP contribution in [0.1, 0.15) is 13.3 Å². The summed E-state index contributed by atoms with van der Waals surface area (Å²) in [4.78, 5) is 15.3. The zero-order chi connectivity index (χ0) is 14.0. The van der Waals surface area contributed by atoms with Crippen LogP contribution in [-0.4, -0.2) is 16.9 Å². The maximum Gasteiger partial charge on any atom is 0.219 e. The summed E-state index contributed by atoms with van der Waals surface area (Å²) in [5.74, 6) is -0.338. The van der Waals surface area contributed by atoms with Crippen LogP contribution in [0.2, 0.25) is 0 Å². The second kappa shape index (κ2) is 5.44. The minimum Gasteiger partial charge on any atom is -0.398 e. The summed E-state index contributed by atoms with van der Waals surface area (Å²) in [6.45, 7) is 1.89. The van der Waals surface area contributed by atoms with Crippen molar-refractivity contribution in [1.29, 1.82) is 0 Å². The van der Waals surface area contributed by atoms with Gasteiger partial charge in [0.25, 0.3) is 0 Å². The Kier molecular flexibility index (Phi) is 3.90. The first-order valence-electron chi connectivity index (χ1n) is 5.86. The lowest BCUT2D eigenvalue weighted by Crippen LogP contribution is -2.24. The number of hydrogen-bond donors (Lipinski definition) is 3. The molecule has 100 valence electrons. The molecule has 2 aromatic rings. The second-order valence-electron chi connectivity index (χ2n) is 4.47. The third kappa shape index (κ3) is 3.14. The summed E-state index contributed by atoms with van der Waals surface area (Å²) in [7, 11) is 0. The van der Waals surface area contributed by atoms with Gasteiger partial charge in [0.15, 0.2) is 0 Å². The molecule has 6 heteroatoms. The van der Waals surface area contributed by atoms with Gasteiger partial charge < -0.3 is 16.8 Å². The molecule has 0 bridgehead atoms. The highest BCUT2D eigenvalue weighted by Crippen LogP contribution is 2.29. The van der Waals surface area contributed by atoms with Crippen LogP contribution in [0.5, 0.6) is 0 Å². The molecule has 5 N–H and O–H groups in total. The molecule has 0 aliphatic rings. The number of anilines is 2. The Balaban J connectivity index is 2.39. The van der Waals surface area contributed by atoms with Crippen LogP contribution in [0.4, 0.5) is 11.4 Å². The standard InChI is InChI=1S/C13H15BrN4O/c1-7(4-12(16)19)18-11-3-2-10(15)9-5-8(14)6-17-13(9)11/h2-3,5-7,18H,4,15H2,1H3,(H2,16,19). The van der Waals surface area contributed by atoms with E-state index in [1.807, 2.05) is 25.1 Å². The molecular weight excluding hydrogens is 308 g/mol. The average Bonchev–Trinajstić information content (AvgIpc) is 2.32. The van der Waals surface area contributed by atoms with Gasteiger partial charge in [0.1, 0.15) is 0 Å². The second-order valence-corrected chi connectivity index (χ2v) is 5.38. The predicted octanol–water partition coefficient (Wildman–Crippen LogP) is 2.26. The molecule has 0 fully saturated rings. The summed E-state index contributed by atoms with van der Waals surface area (Å²) < 4.78 is 0.869. The van der Waals surface area contributed by atoms with E-state index in [4.69, 9.17) is 11.5 Å². The number of halogens is 1. The van der Waals surface area contributed by atoms with Crippen molar-refractivity contribution >= 4 is 44.1 Å². The maximum absolute atomic E-state index is 10.9. The van der Waals surface area contributed by atoms with Gasteiger partial charge in [0.05, 0.1) is 11.2 Å². The van der Waals surface area contributed by atoms with Gasteiger partial charge in [-0.05, 0) is 41.1 Å². The molecule has 0 spiro atoms. The van der Waals surface area contributed by atoms with Crippen LogP contribution in [-0.2, 0) is 4.79 Å². The quantitative estimate of drug-likeness (QED) is 0.752. The molecule has 1 atom stereocenters. The maximum atomic E-state index is 10.9. The van der Waals surface area contributed by atoms with Crippen molar-refractivity contribution < 1.29 is 4.79 Å². The third-order valence-electron chi connectivity index (χ3n) is 2.76. The lowest BCUT2D eigenvalue weighted by molar-refractivity contribution is -0.118. The van der Waals surface area contributed by atoms with Crippen molar-refractivity contribution in [2.45, 2.75) is 19.4 Å². The number of nitrogens with two attached hydrogens (primary N) is 2. The van der Waals surface area contributed by atoms with Gasteiger partial charge in [-0.15, -0.1) is 0 Å². The topological polar surface area (TPSA) is 94.0 Å². The van der Waals surface area contributed by atoms with Crippen molar-refractivity contribution in [3.8, 4) is 0 Å². The van der Waals surface area contributed by atoms with Gasteiger partial charge in [-0.25, -0.2) is 0 Å². The molecule has 1 aromatic carbocycles. The highest BCUT2D eigenvalue weighted by molar-refractivity contribution is 9.10. The van der Waals surface area contributed by atoms with Crippen LogP contribution in [0, 0.1) is 0 Å². The number of nitrogens with one attached hydrogen (secondary N) is 1. The summed E-state index contributed by atoms with van der Waals surface area (Å²) in [6, 6.07) is 5.53. The van der Waals surface area contributed by atoms with Crippen molar-refractivity contribution in [1.82, 2.24) is 4.98 Å². The molecule has 2 rings (SSSR count). The van der Waals surface area contributed by atoms with E-state index >= 15 is 0 Å². The Morgan fingerprint density at radius 3 is 2.95 bits per heavy atom. The van der Waals surface area contributed by atoms with Gasteiger partial charge in [0, 0.05) is 34.2 Å². The Bertz CT molecular complexity index is 629. The third-order valence-corrected chi connectivity index (χ3v) is 3.19. The van der Waals surface area contributed by atoms with E-state index in [1.165, 1.54) is 0 Å². The van der Waals surface area contributed by atoms with Crippen LogP contribution in [0.3, 0.4) is 0 Å². The largest absolute Gasteiger partial charge is 0.398 e. The molecule has 0 aliphatic carbocycles. The van der Waals surface area contributed by atoms with E-state index in [0.29, 0.717) is 5.69 Å². The Morgan fingerprint density at radius 1 is 1.53 bits per heavy atom. The first kappa shape index (κ1) is 13.6. The molecule has 1 amide bonds. The Morgan fingerprint density at radius 2 is 2.26 bits per heavy atom. The molecule has 19 heavy (non-hydrogen) atoms. The van der Waals surface area contributed by atoms with Gasteiger partial charge in [-0.2, -0.15) is 0 Å². The fourth-order valence-corrected chi connectivity index (χ4v) is 2.28. The minimum absolute atomic E-state index is 0.0604. The molecular formula is C13H15BrN4O. The molecule has 0 aliphatic heterocycles. The smallest absolute Gasteiger partial charge is 0.219 e. The molecule has 1 unspecified atom stereocenters. The van der Waals surface area contributed by atoms with Gasteiger partial charge in [-0.1, -0.05) is 0 Å². The number of amides is 1.